The summed E-state index contributed by atoms with van der Waals surface area (Å²) in [5.41, 5.74) is -0.747. The molecule has 1 saturated heterocycles. The number of carbonyl (C=O) groups is 2. The second kappa shape index (κ2) is 11.0. The maximum Gasteiger partial charge on any atom is 0.246 e. The van der Waals surface area contributed by atoms with E-state index >= 15 is 0 Å². The van der Waals surface area contributed by atoms with Crippen LogP contribution in [0.15, 0.2) is 0 Å². The van der Waals surface area contributed by atoms with Crippen molar-refractivity contribution in [1.29, 1.82) is 0 Å². The van der Waals surface area contributed by atoms with Gasteiger partial charge >= 0.3 is 0 Å². The van der Waals surface area contributed by atoms with Crippen LogP contribution >= 0.6 is 23.2 Å². The zero-order chi connectivity index (χ0) is 23.6. The van der Waals surface area contributed by atoms with Crippen molar-refractivity contribution < 1.29 is 23.8 Å². The van der Waals surface area contributed by atoms with Crippen molar-refractivity contribution in [3.8, 4) is 0 Å². The molecule has 4 fully saturated rings. The number of carbonyl (C=O) groups excluding carboxylic acids is 2. The first-order chi connectivity index (χ1) is 15.7. The van der Waals surface area contributed by atoms with Gasteiger partial charge in [0.2, 0.25) is 11.8 Å². The van der Waals surface area contributed by atoms with Gasteiger partial charge in [0, 0.05) is 23.8 Å². The van der Waals surface area contributed by atoms with Gasteiger partial charge in [0.05, 0.1) is 24.6 Å². The van der Waals surface area contributed by atoms with Gasteiger partial charge in [0.25, 0.3) is 0 Å². The molecule has 0 aromatic rings. The summed E-state index contributed by atoms with van der Waals surface area (Å²) in [6, 6.07) is 0.0386. The maximum absolute atomic E-state index is 13.7. The first-order valence-electron chi connectivity index (χ1n) is 12.6. The number of hydrogen-bond donors (Lipinski definition) is 2. The van der Waals surface area contributed by atoms with Crippen LogP contribution in [0.5, 0.6) is 0 Å². The van der Waals surface area contributed by atoms with Crippen molar-refractivity contribution >= 4 is 35.0 Å². The molecule has 4 aliphatic rings. The minimum atomic E-state index is -1.08. The predicted octanol–water partition coefficient (Wildman–Crippen LogP) is 3.55. The molecule has 0 spiro atoms. The Balaban J connectivity index is 1.12. The van der Waals surface area contributed by atoms with Crippen LogP contribution < -0.4 is 5.32 Å². The summed E-state index contributed by atoms with van der Waals surface area (Å²) in [7, 11) is 0. The number of aliphatic hydroxyl groups is 1. The molecule has 3 unspecified atom stereocenters. The van der Waals surface area contributed by atoms with E-state index in [2.05, 4.69) is 5.32 Å². The van der Waals surface area contributed by atoms with Crippen molar-refractivity contribution in [3.05, 3.63) is 0 Å². The van der Waals surface area contributed by atoms with Crippen LogP contribution in [0.4, 0.5) is 4.39 Å². The Bertz CT molecular complexity index is 692. The summed E-state index contributed by atoms with van der Waals surface area (Å²) in [6.45, 7) is 0.798. The van der Waals surface area contributed by atoms with E-state index in [-0.39, 0.29) is 54.2 Å². The van der Waals surface area contributed by atoms with Gasteiger partial charge in [-0.3, -0.25) is 9.59 Å². The lowest BCUT2D eigenvalue weighted by Crippen LogP contribution is -2.68. The number of halogens is 3. The van der Waals surface area contributed by atoms with E-state index < -0.39 is 17.1 Å². The minimum absolute atomic E-state index is 0.0373. The Morgan fingerprint density at radius 3 is 2.30 bits per heavy atom. The molecule has 0 aromatic heterocycles. The Kier molecular flexibility index (Phi) is 8.46. The third-order valence-electron chi connectivity index (χ3n) is 8.19. The van der Waals surface area contributed by atoms with Gasteiger partial charge in [0.1, 0.15) is 18.4 Å². The van der Waals surface area contributed by atoms with Crippen molar-refractivity contribution in [2.45, 2.75) is 105 Å². The van der Waals surface area contributed by atoms with E-state index in [4.69, 9.17) is 27.9 Å². The highest BCUT2D eigenvalue weighted by molar-refractivity contribution is 6.21. The van der Waals surface area contributed by atoms with E-state index in [9.17, 15) is 19.1 Å². The number of hydrogen-bond acceptors (Lipinski definition) is 4. The fourth-order valence-electron chi connectivity index (χ4n) is 6.02. The van der Waals surface area contributed by atoms with Gasteiger partial charge in [-0.15, -0.1) is 23.2 Å². The topological polar surface area (TPSA) is 78.9 Å². The van der Waals surface area contributed by atoms with Crippen LogP contribution in [0.3, 0.4) is 0 Å². The molecule has 3 saturated carbocycles. The van der Waals surface area contributed by atoms with Gasteiger partial charge in [-0.2, -0.15) is 0 Å². The molecule has 3 aliphatic carbocycles. The van der Waals surface area contributed by atoms with Crippen LogP contribution in [0.1, 0.15) is 70.6 Å². The second-order valence-corrected chi connectivity index (χ2v) is 11.8. The average molecular weight is 507 g/mol. The SMILES string of the molecule is O=C(COC1CCC(Cl)C(F)C1)NC1CCC(C(=O)N2CC(O)(C3CCC(Cl)CC3)C2)CC1. The summed E-state index contributed by atoms with van der Waals surface area (Å²) >= 11 is 12.1. The highest BCUT2D eigenvalue weighted by atomic mass is 35.5. The number of amides is 2. The van der Waals surface area contributed by atoms with Crippen molar-refractivity contribution in [3.63, 3.8) is 0 Å². The molecule has 0 bridgehead atoms. The van der Waals surface area contributed by atoms with Crippen molar-refractivity contribution in [1.82, 2.24) is 10.2 Å². The number of ether oxygens (including phenoxy) is 1. The average Bonchev–Trinajstić information content (AvgIpc) is 2.78. The highest BCUT2D eigenvalue weighted by Gasteiger charge is 2.50. The Labute approximate surface area is 205 Å². The van der Waals surface area contributed by atoms with E-state index in [1.54, 1.807) is 4.90 Å². The molecule has 3 atom stereocenters. The lowest BCUT2D eigenvalue weighted by molar-refractivity contribution is -0.174. The molecule has 0 aromatic carbocycles. The molecular weight excluding hydrogens is 470 g/mol. The second-order valence-electron chi connectivity index (χ2n) is 10.6. The van der Waals surface area contributed by atoms with E-state index in [0.29, 0.717) is 25.9 Å². The van der Waals surface area contributed by atoms with Gasteiger partial charge in [-0.25, -0.2) is 4.39 Å². The third kappa shape index (κ3) is 6.33. The largest absolute Gasteiger partial charge is 0.386 e. The van der Waals surface area contributed by atoms with E-state index in [1.165, 1.54) is 0 Å². The first kappa shape index (κ1) is 25.5. The summed E-state index contributed by atoms with van der Waals surface area (Å²) in [6.07, 6.45) is 6.88. The zero-order valence-corrected chi connectivity index (χ0v) is 20.7. The predicted molar refractivity (Wildman–Crippen MR) is 125 cm³/mol. The Hall–Kier alpha value is -0.630. The Morgan fingerprint density at radius 2 is 1.67 bits per heavy atom. The number of nitrogens with one attached hydrogen (secondary N) is 1. The summed E-state index contributed by atoms with van der Waals surface area (Å²) in [4.78, 5) is 27.0. The fourth-order valence-corrected chi connectivity index (χ4v) is 6.50. The summed E-state index contributed by atoms with van der Waals surface area (Å²) < 4.78 is 19.3. The number of rotatable bonds is 6. The van der Waals surface area contributed by atoms with Gasteiger partial charge in [-0.1, -0.05) is 0 Å². The zero-order valence-electron chi connectivity index (χ0n) is 19.2. The minimum Gasteiger partial charge on any atom is -0.386 e. The van der Waals surface area contributed by atoms with Gasteiger partial charge in [-0.05, 0) is 70.1 Å². The number of alkyl halides is 3. The van der Waals surface area contributed by atoms with Crippen molar-refractivity contribution in [2.24, 2.45) is 11.8 Å². The molecule has 6 nitrogen and oxygen atoms in total. The first-order valence-corrected chi connectivity index (χ1v) is 13.4. The monoisotopic (exact) mass is 506 g/mol. The molecule has 33 heavy (non-hydrogen) atoms. The number of nitrogens with zero attached hydrogens (tertiary/aromatic N) is 1. The van der Waals surface area contributed by atoms with E-state index in [0.717, 1.165) is 51.4 Å². The molecule has 9 heteroatoms. The van der Waals surface area contributed by atoms with Crippen LogP contribution in [-0.4, -0.2) is 76.2 Å². The smallest absolute Gasteiger partial charge is 0.246 e. The summed E-state index contributed by atoms with van der Waals surface area (Å²) in [5.74, 6) is 0.150. The molecule has 2 amide bonds. The quantitative estimate of drug-likeness (QED) is 0.540. The van der Waals surface area contributed by atoms with Gasteiger partial charge in [0.15, 0.2) is 0 Å². The van der Waals surface area contributed by atoms with Crippen LogP contribution in [0, 0.1) is 11.8 Å². The molecule has 1 heterocycles. The van der Waals surface area contributed by atoms with Crippen molar-refractivity contribution in [2.75, 3.05) is 19.7 Å². The highest BCUT2D eigenvalue weighted by Crippen LogP contribution is 2.41. The number of β-amino-alcohol motifs (C(OH)–C–C–N with tert-alkyl or cyclic N) is 1. The molecule has 188 valence electrons. The van der Waals surface area contributed by atoms with E-state index in [1.807, 2.05) is 0 Å². The normalized spacial score (nSPS) is 38.9. The Morgan fingerprint density at radius 1 is 1.00 bits per heavy atom. The lowest BCUT2D eigenvalue weighted by atomic mass is 9.72. The molecule has 2 N–H and O–H groups in total. The molecule has 1 aliphatic heterocycles. The van der Waals surface area contributed by atoms with Crippen LogP contribution in [-0.2, 0) is 14.3 Å². The van der Waals surface area contributed by atoms with Crippen LogP contribution in [0.25, 0.3) is 0 Å². The maximum atomic E-state index is 13.7. The number of likely N-dealkylation sites (tertiary alicyclic amines) is 1. The standard InChI is InChI=1S/C24H37Cl2FN2O4/c25-17-5-3-16(4-6-17)24(32)13-29(14-24)23(31)15-1-7-18(8-2-15)28-22(30)12-33-19-9-10-20(26)21(27)11-19/h15-21,32H,1-14H2,(H,28,30). The molecule has 4 rings (SSSR count). The third-order valence-corrected chi connectivity index (χ3v) is 9.12. The van der Waals surface area contributed by atoms with Crippen LogP contribution in [0.2, 0.25) is 0 Å². The summed E-state index contributed by atoms with van der Waals surface area (Å²) in [5, 5.41) is 13.7. The lowest BCUT2D eigenvalue weighted by Gasteiger charge is -2.53. The molecule has 0 radical (unpaired) electrons. The molecular formula is C24H37Cl2FN2O4. The fraction of sp³-hybridized carbons (Fsp3) is 0.917. The van der Waals surface area contributed by atoms with Gasteiger partial charge < -0.3 is 20.1 Å².